The number of amides is 1. The van der Waals surface area contributed by atoms with Gasteiger partial charge in [0.25, 0.3) is 0 Å². The minimum Gasteiger partial charge on any atom is -0.495 e. The lowest BCUT2D eigenvalue weighted by atomic mass is 10.0. The molecular weight excluding hydrogens is 376 g/mol. The fraction of sp³-hybridized carbons (Fsp3) is 0.136. The van der Waals surface area contributed by atoms with Crippen LogP contribution in [0.5, 0.6) is 11.5 Å². The molecule has 0 atom stereocenters. The minimum absolute atomic E-state index is 0.0577. The molecule has 0 bridgehead atoms. The molecule has 0 spiro atoms. The van der Waals surface area contributed by atoms with Crippen LogP contribution in [-0.4, -0.2) is 26.7 Å². The third kappa shape index (κ3) is 4.56. The number of methoxy groups -OCH3 is 2. The van der Waals surface area contributed by atoms with E-state index >= 15 is 0 Å². The highest BCUT2D eigenvalue weighted by Crippen LogP contribution is 2.35. The molecule has 28 heavy (non-hydrogen) atoms. The molecule has 0 aromatic heterocycles. The predicted octanol–water partition coefficient (Wildman–Crippen LogP) is 5.07. The van der Waals surface area contributed by atoms with Crippen molar-refractivity contribution in [3.8, 4) is 22.6 Å². The number of hydrogen-bond acceptors (Lipinski definition) is 4. The van der Waals surface area contributed by atoms with Crippen LogP contribution in [0.3, 0.4) is 0 Å². The third-order valence-corrected chi connectivity index (χ3v) is 4.49. The van der Waals surface area contributed by atoms with Crippen molar-refractivity contribution >= 4 is 28.9 Å². The lowest BCUT2D eigenvalue weighted by Gasteiger charge is -2.15. The summed E-state index contributed by atoms with van der Waals surface area (Å²) in [5, 5.41) is 6.44. The minimum atomic E-state index is -0.183. The van der Waals surface area contributed by atoms with Crippen LogP contribution in [0.2, 0.25) is 5.02 Å². The first kappa shape index (κ1) is 19.6. The number of benzene rings is 3. The van der Waals surface area contributed by atoms with E-state index in [-0.39, 0.29) is 12.5 Å². The summed E-state index contributed by atoms with van der Waals surface area (Å²) in [6.45, 7) is 0.0577. The average molecular weight is 397 g/mol. The van der Waals surface area contributed by atoms with E-state index in [4.69, 9.17) is 21.1 Å². The first-order chi connectivity index (χ1) is 13.6. The maximum absolute atomic E-state index is 12.5. The van der Waals surface area contributed by atoms with Crippen molar-refractivity contribution in [2.75, 3.05) is 31.4 Å². The zero-order valence-electron chi connectivity index (χ0n) is 15.7. The van der Waals surface area contributed by atoms with Gasteiger partial charge in [-0.1, -0.05) is 60.1 Å². The van der Waals surface area contributed by atoms with Gasteiger partial charge in [0.15, 0.2) is 0 Å². The number of ether oxygens (including phenoxy) is 2. The van der Waals surface area contributed by atoms with Gasteiger partial charge in [-0.25, -0.2) is 0 Å². The maximum Gasteiger partial charge on any atom is 0.243 e. The third-order valence-electron chi connectivity index (χ3n) is 4.20. The van der Waals surface area contributed by atoms with Crippen molar-refractivity contribution < 1.29 is 14.3 Å². The van der Waals surface area contributed by atoms with E-state index in [2.05, 4.69) is 10.6 Å². The summed E-state index contributed by atoms with van der Waals surface area (Å²) in [6.07, 6.45) is 0. The zero-order chi connectivity index (χ0) is 19.9. The molecule has 0 saturated carbocycles. The number of halogens is 1. The molecule has 0 unspecified atom stereocenters. The monoisotopic (exact) mass is 396 g/mol. The van der Waals surface area contributed by atoms with Crippen LogP contribution in [-0.2, 0) is 4.79 Å². The largest absolute Gasteiger partial charge is 0.495 e. The van der Waals surface area contributed by atoms with Gasteiger partial charge in [0.1, 0.15) is 11.5 Å². The van der Waals surface area contributed by atoms with E-state index in [9.17, 15) is 4.79 Å². The van der Waals surface area contributed by atoms with Crippen LogP contribution in [0.15, 0.2) is 66.7 Å². The number of carbonyl (C=O) groups excluding carboxylic acids is 1. The van der Waals surface area contributed by atoms with Gasteiger partial charge >= 0.3 is 0 Å². The van der Waals surface area contributed by atoms with Crippen molar-refractivity contribution in [1.82, 2.24) is 0 Å². The van der Waals surface area contributed by atoms with Gasteiger partial charge in [-0.2, -0.15) is 0 Å². The summed E-state index contributed by atoms with van der Waals surface area (Å²) < 4.78 is 10.5. The van der Waals surface area contributed by atoms with Gasteiger partial charge in [0.05, 0.1) is 31.5 Å². The number of para-hydroxylation sites is 1. The maximum atomic E-state index is 12.5. The highest BCUT2D eigenvalue weighted by atomic mass is 35.5. The SMILES string of the molecule is COc1cc(OC)c(NCC(=O)Nc2ccccc2-c2ccccc2)cc1Cl. The molecule has 3 aromatic rings. The fourth-order valence-electron chi connectivity index (χ4n) is 2.83. The van der Waals surface area contributed by atoms with E-state index in [0.29, 0.717) is 22.2 Å². The Bertz CT molecular complexity index is 961. The van der Waals surface area contributed by atoms with Gasteiger partial charge in [-0.3, -0.25) is 4.79 Å². The molecule has 0 radical (unpaired) electrons. The van der Waals surface area contributed by atoms with Crippen molar-refractivity contribution in [3.05, 3.63) is 71.8 Å². The van der Waals surface area contributed by atoms with Crippen LogP contribution < -0.4 is 20.1 Å². The summed E-state index contributed by atoms with van der Waals surface area (Å²) in [4.78, 5) is 12.5. The Morgan fingerprint density at radius 2 is 1.57 bits per heavy atom. The first-order valence-corrected chi connectivity index (χ1v) is 9.10. The van der Waals surface area contributed by atoms with Crippen LogP contribution in [0.1, 0.15) is 0 Å². The second-order valence-electron chi connectivity index (χ2n) is 6.00. The normalized spacial score (nSPS) is 10.2. The lowest BCUT2D eigenvalue weighted by molar-refractivity contribution is -0.114. The highest BCUT2D eigenvalue weighted by molar-refractivity contribution is 6.32. The Morgan fingerprint density at radius 1 is 0.893 bits per heavy atom. The average Bonchev–Trinajstić information content (AvgIpc) is 2.73. The van der Waals surface area contributed by atoms with Gasteiger partial charge < -0.3 is 20.1 Å². The molecule has 6 heteroatoms. The molecule has 3 aromatic carbocycles. The Kier molecular flexibility index (Phi) is 6.40. The Balaban J connectivity index is 1.72. The second kappa shape index (κ2) is 9.15. The summed E-state index contributed by atoms with van der Waals surface area (Å²) >= 11 is 6.17. The lowest BCUT2D eigenvalue weighted by Crippen LogP contribution is -2.22. The molecule has 144 valence electrons. The first-order valence-electron chi connectivity index (χ1n) is 8.72. The summed E-state index contributed by atoms with van der Waals surface area (Å²) in [5.74, 6) is 0.862. The van der Waals surface area contributed by atoms with Gasteiger partial charge in [0.2, 0.25) is 5.91 Å². The van der Waals surface area contributed by atoms with Gasteiger partial charge in [-0.05, 0) is 17.7 Å². The van der Waals surface area contributed by atoms with Crippen molar-refractivity contribution in [2.45, 2.75) is 0 Å². The number of carbonyl (C=O) groups is 1. The van der Waals surface area contributed by atoms with Crippen molar-refractivity contribution in [3.63, 3.8) is 0 Å². The zero-order valence-corrected chi connectivity index (χ0v) is 16.4. The Morgan fingerprint density at radius 3 is 2.29 bits per heavy atom. The standard InChI is InChI=1S/C22H21ClN2O3/c1-27-20-13-21(28-2)19(12-17(20)23)24-14-22(26)25-18-11-7-6-10-16(18)15-8-4-3-5-9-15/h3-13,24H,14H2,1-2H3,(H,25,26). The number of rotatable bonds is 7. The van der Waals surface area contributed by atoms with Crippen molar-refractivity contribution in [2.24, 2.45) is 0 Å². The van der Waals surface area contributed by atoms with Crippen molar-refractivity contribution in [1.29, 1.82) is 0 Å². The highest BCUT2D eigenvalue weighted by Gasteiger charge is 2.12. The summed E-state index contributed by atoms with van der Waals surface area (Å²) in [5.41, 5.74) is 3.36. The quantitative estimate of drug-likeness (QED) is 0.585. The van der Waals surface area contributed by atoms with Crippen LogP contribution in [0, 0.1) is 0 Å². The topological polar surface area (TPSA) is 59.6 Å². The number of hydrogen-bond donors (Lipinski definition) is 2. The smallest absolute Gasteiger partial charge is 0.243 e. The molecule has 0 saturated heterocycles. The number of anilines is 2. The molecule has 3 rings (SSSR count). The fourth-order valence-corrected chi connectivity index (χ4v) is 3.07. The molecule has 0 aliphatic rings. The second-order valence-corrected chi connectivity index (χ2v) is 6.41. The van der Waals surface area contributed by atoms with E-state index in [1.165, 1.54) is 7.11 Å². The van der Waals surface area contributed by atoms with Gasteiger partial charge in [0, 0.05) is 17.3 Å². The molecule has 2 N–H and O–H groups in total. The van der Waals surface area contributed by atoms with Crippen LogP contribution >= 0.6 is 11.6 Å². The van der Waals surface area contributed by atoms with Crippen LogP contribution in [0.4, 0.5) is 11.4 Å². The van der Waals surface area contributed by atoms with Crippen LogP contribution in [0.25, 0.3) is 11.1 Å². The molecule has 0 aliphatic heterocycles. The summed E-state index contributed by atoms with van der Waals surface area (Å²) in [7, 11) is 3.08. The Hall–Kier alpha value is -3.18. The van der Waals surface area contributed by atoms with E-state index in [1.807, 2.05) is 54.6 Å². The predicted molar refractivity (Wildman–Crippen MR) is 114 cm³/mol. The molecule has 5 nitrogen and oxygen atoms in total. The van der Waals surface area contributed by atoms with E-state index < -0.39 is 0 Å². The van der Waals surface area contributed by atoms with E-state index in [1.54, 1.807) is 19.2 Å². The number of nitrogens with one attached hydrogen (secondary N) is 2. The molecule has 1 amide bonds. The summed E-state index contributed by atoms with van der Waals surface area (Å²) in [6, 6.07) is 20.9. The molecular formula is C22H21ClN2O3. The Labute approximate surface area is 169 Å². The molecule has 0 heterocycles. The van der Waals surface area contributed by atoms with Gasteiger partial charge in [-0.15, -0.1) is 0 Å². The molecule has 0 aliphatic carbocycles. The van der Waals surface area contributed by atoms with E-state index in [0.717, 1.165) is 16.8 Å². The molecule has 0 fully saturated rings.